The van der Waals surface area contributed by atoms with E-state index >= 15 is 0 Å². The first kappa shape index (κ1) is 20.6. The normalized spacial score (nSPS) is 12.9. The van der Waals surface area contributed by atoms with Gasteiger partial charge >= 0.3 is 0 Å². The van der Waals surface area contributed by atoms with Gasteiger partial charge in [-0.25, -0.2) is 0 Å². The number of hydrogen-bond donors (Lipinski definition) is 2. The Morgan fingerprint density at radius 3 is 1.29 bits per heavy atom. The molecule has 2 unspecified atom stereocenters. The molecular formula is C22H24N2O2S2. The minimum Gasteiger partial charge on any atom is -0.491 e. The van der Waals surface area contributed by atoms with Gasteiger partial charge in [0.25, 0.3) is 0 Å². The number of ether oxygens (including phenoxy) is 2. The van der Waals surface area contributed by atoms with Crippen LogP contribution in [0.3, 0.4) is 0 Å². The van der Waals surface area contributed by atoms with E-state index in [0.29, 0.717) is 13.2 Å². The zero-order valence-corrected chi connectivity index (χ0v) is 17.1. The molecule has 28 heavy (non-hydrogen) atoms. The topological polar surface area (TPSA) is 70.5 Å². The van der Waals surface area contributed by atoms with Crippen LogP contribution in [0.4, 0.5) is 0 Å². The lowest BCUT2D eigenvalue weighted by Crippen LogP contribution is -2.24. The van der Waals surface area contributed by atoms with E-state index in [1.807, 2.05) is 84.9 Å². The molecule has 4 nitrogen and oxygen atoms in total. The summed E-state index contributed by atoms with van der Waals surface area (Å²) >= 11 is 3.18. The second-order valence-electron chi connectivity index (χ2n) is 6.03. The van der Waals surface area contributed by atoms with E-state index in [0.717, 1.165) is 21.3 Å². The lowest BCUT2D eigenvalue weighted by atomic mass is 10.3. The van der Waals surface area contributed by atoms with Crippen LogP contribution < -0.4 is 20.9 Å². The van der Waals surface area contributed by atoms with Crippen LogP contribution in [0.1, 0.15) is 0 Å². The van der Waals surface area contributed by atoms with Crippen molar-refractivity contribution in [2.24, 2.45) is 11.5 Å². The smallest absolute Gasteiger partial charge is 0.119 e. The van der Waals surface area contributed by atoms with Gasteiger partial charge in [-0.1, -0.05) is 36.4 Å². The van der Waals surface area contributed by atoms with Gasteiger partial charge < -0.3 is 20.9 Å². The van der Waals surface area contributed by atoms with Crippen LogP contribution >= 0.6 is 23.5 Å². The number of rotatable bonds is 10. The molecule has 0 aliphatic rings. The predicted octanol–water partition coefficient (Wildman–Crippen LogP) is 4.60. The monoisotopic (exact) mass is 412 g/mol. The van der Waals surface area contributed by atoms with Crippen LogP contribution in [0.15, 0.2) is 94.7 Å². The average Bonchev–Trinajstić information content (AvgIpc) is 2.73. The molecule has 0 aromatic heterocycles. The summed E-state index contributed by atoms with van der Waals surface area (Å²) in [4.78, 5) is 2.26. The van der Waals surface area contributed by atoms with E-state index < -0.39 is 0 Å². The fraction of sp³-hybridized carbons (Fsp3) is 0.182. The third-order valence-corrected chi connectivity index (χ3v) is 5.68. The largest absolute Gasteiger partial charge is 0.491 e. The molecule has 2 atom stereocenters. The summed E-state index contributed by atoms with van der Waals surface area (Å²) in [6.07, 6.45) is 0. The summed E-state index contributed by atoms with van der Waals surface area (Å²) in [6, 6.07) is 27.7. The van der Waals surface area contributed by atoms with E-state index in [1.54, 1.807) is 23.5 Å². The molecular weight excluding hydrogens is 388 g/mol. The van der Waals surface area contributed by atoms with Crippen molar-refractivity contribution in [1.82, 2.24) is 0 Å². The average molecular weight is 413 g/mol. The minimum atomic E-state index is -0.133. The molecule has 6 heteroatoms. The molecule has 0 aliphatic carbocycles. The Hall–Kier alpha value is -2.12. The van der Waals surface area contributed by atoms with Crippen molar-refractivity contribution in [3.63, 3.8) is 0 Å². The van der Waals surface area contributed by atoms with Crippen LogP contribution in [0, 0.1) is 0 Å². The predicted molar refractivity (Wildman–Crippen MR) is 118 cm³/mol. The van der Waals surface area contributed by atoms with E-state index in [2.05, 4.69) is 0 Å². The maximum Gasteiger partial charge on any atom is 0.119 e. The first-order valence-electron chi connectivity index (χ1n) is 8.99. The van der Waals surface area contributed by atoms with Gasteiger partial charge in [-0.3, -0.25) is 0 Å². The molecule has 0 amide bonds. The SMILES string of the molecule is NC(COc1ccc(OCC(N)Sc2ccccc2)cc1)Sc1ccccc1. The van der Waals surface area contributed by atoms with E-state index in [-0.39, 0.29) is 10.7 Å². The van der Waals surface area contributed by atoms with Crippen molar-refractivity contribution in [2.75, 3.05) is 13.2 Å². The Balaban J connectivity index is 1.39. The van der Waals surface area contributed by atoms with E-state index in [4.69, 9.17) is 20.9 Å². The molecule has 0 fully saturated rings. The molecule has 146 valence electrons. The third kappa shape index (κ3) is 7.13. The van der Waals surface area contributed by atoms with Gasteiger partial charge in [0.2, 0.25) is 0 Å². The summed E-state index contributed by atoms with van der Waals surface area (Å²) in [5.74, 6) is 1.53. The molecule has 0 saturated carbocycles. The summed E-state index contributed by atoms with van der Waals surface area (Å²) < 4.78 is 11.5. The van der Waals surface area contributed by atoms with Gasteiger partial charge in [0.05, 0.1) is 10.7 Å². The number of benzene rings is 3. The lowest BCUT2D eigenvalue weighted by molar-refractivity contribution is 0.310. The van der Waals surface area contributed by atoms with Crippen molar-refractivity contribution < 1.29 is 9.47 Å². The Bertz CT molecular complexity index is 746. The van der Waals surface area contributed by atoms with Crippen molar-refractivity contribution >= 4 is 23.5 Å². The van der Waals surface area contributed by atoms with Crippen LogP contribution in [0.25, 0.3) is 0 Å². The Kier molecular flexibility index (Phi) is 8.11. The molecule has 0 heterocycles. The number of thioether (sulfide) groups is 2. The maximum absolute atomic E-state index is 6.12. The first-order valence-corrected chi connectivity index (χ1v) is 10.8. The fourth-order valence-corrected chi connectivity index (χ4v) is 4.00. The Morgan fingerprint density at radius 1 is 0.571 bits per heavy atom. The third-order valence-electron chi connectivity index (χ3n) is 3.71. The zero-order valence-electron chi connectivity index (χ0n) is 15.4. The fourth-order valence-electron chi connectivity index (χ4n) is 2.40. The van der Waals surface area contributed by atoms with Gasteiger partial charge in [0.15, 0.2) is 0 Å². The highest BCUT2D eigenvalue weighted by molar-refractivity contribution is 8.00. The van der Waals surface area contributed by atoms with Crippen LogP contribution in [0.2, 0.25) is 0 Å². The molecule has 4 N–H and O–H groups in total. The van der Waals surface area contributed by atoms with Crippen LogP contribution in [-0.4, -0.2) is 24.0 Å². The van der Waals surface area contributed by atoms with Crippen molar-refractivity contribution in [3.8, 4) is 11.5 Å². The van der Waals surface area contributed by atoms with Gasteiger partial charge in [-0.2, -0.15) is 0 Å². The minimum absolute atomic E-state index is 0.133. The highest BCUT2D eigenvalue weighted by Crippen LogP contribution is 2.24. The van der Waals surface area contributed by atoms with Gasteiger partial charge in [0, 0.05) is 9.79 Å². The van der Waals surface area contributed by atoms with Gasteiger partial charge in [0.1, 0.15) is 24.7 Å². The Labute approximate surface area is 174 Å². The molecule has 3 aromatic carbocycles. The molecule has 0 radical (unpaired) electrons. The summed E-state index contributed by atoms with van der Waals surface area (Å²) in [6.45, 7) is 0.858. The number of hydrogen-bond acceptors (Lipinski definition) is 6. The highest BCUT2D eigenvalue weighted by atomic mass is 32.2. The van der Waals surface area contributed by atoms with E-state index in [1.165, 1.54) is 0 Å². The highest BCUT2D eigenvalue weighted by Gasteiger charge is 2.08. The van der Waals surface area contributed by atoms with Crippen LogP contribution in [0.5, 0.6) is 11.5 Å². The first-order chi connectivity index (χ1) is 13.7. The molecule has 0 aliphatic heterocycles. The maximum atomic E-state index is 6.12. The summed E-state index contributed by atoms with van der Waals surface area (Å²) in [5.41, 5.74) is 12.2. The molecule has 0 bridgehead atoms. The van der Waals surface area contributed by atoms with Crippen molar-refractivity contribution in [1.29, 1.82) is 0 Å². The van der Waals surface area contributed by atoms with Crippen molar-refractivity contribution in [2.45, 2.75) is 20.5 Å². The van der Waals surface area contributed by atoms with Crippen LogP contribution in [-0.2, 0) is 0 Å². The standard InChI is InChI=1S/C22H24N2O2S2/c23-21(27-19-7-3-1-4-8-19)15-25-17-11-13-18(14-12-17)26-16-22(24)28-20-9-5-2-6-10-20/h1-14,21-22H,15-16,23-24H2. The van der Waals surface area contributed by atoms with E-state index in [9.17, 15) is 0 Å². The zero-order chi connectivity index (χ0) is 19.6. The molecule has 0 spiro atoms. The number of nitrogens with two attached hydrogens (primary N) is 2. The summed E-state index contributed by atoms with van der Waals surface area (Å²) in [5, 5.41) is -0.266. The molecule has 3 aromatic rings. The molecule has 3 rings (SSSR count). The second-order valence-corrected chi connectivity index (χ2v) is 8.66. The Morgan fingerprint density at radius 2 is 0.929 bits per heavy atom. The molecule has 0 saturated heterocycles. The second kappa shape index (κ2) is 11.0. The quantitative estimate of drug-likeness (QED) is 0.375. The van der Waals surface area contributed by atoms with Gasteiger partial charge in [-0.05, 0) is 48.5 Å². The lowest BCUT2D eigenvalue weighted by Gasteiger charge is -2.14. The van der Waals surface area contributed by atoms with Crippen molar-refractivity contribution in [3.05, 3.63) is 84.9 Å². The summed E-state index contributed by atoms with van der Waals surface area (Å²) in [7, 11) is 0. The van der Waals surface area contributed by atoms with Gasteiger partial charge in [-0.15, -0.1) is 23.5 Å².